The van der Waals surface area contributed by atoms with Crippen LogP contribution in [0.15, 0.2) is 0 Å². The smallest absolute Gasteiger partial charge is 0.230 e. The van der Waals surface area contributed by atoms with Gasteiger partial charge in [-0.05, 0) is 25.7 Å². The van der Waals surface area contributed by atoms with Crippen LogP contribution in [0.1, 0.15) is 39.4 Å². The Bertz CT molecular complexity index is 392. The van der Waals surface area contributed by atoms with Gasteiger partial charge in [0.1, 0.15) is 5.82 Å². The van der Waals surface area contributed by atoms with Gasteiger partial charge < -0.3 is 10.6 Å². The molecule has 0 amide bonds. The minimum atomic E-state index is 0.331. The number of piperidine rings is 1. The molecule has 5 heteroatoms. The van der Waals surface area contributed by atoms with Crippen LogP contribution in [0.25, 0.3) is 0 Å². The van der Waals surface area contributed by atoms with Gasteiger partial charge in [-0.2, -0.15) is 15.0 Å². The molecule has 2 unspecified atom stereocenters. The van der Waals surface area contributed by atoms with Crippen LogP contribution >= 0.6 is 0 Å². The summed E-state index contributed by atoms with van der Waals surface area (Å²) in [4.78, 5) is 15.1. The molecule has 17 heavy (non-hydrogen) atoms. The van der Waals surface area contributed by atoms with Gasteiger partial charge in [0.2, 0.25) is 11.9 Å². The molecule has 2 N–H and O–H groups in total. The summed E-state index contributed by atoms with van der Waals surface area (Å²) in [7, 11) is 0. The van der Waals surface area contributed by atoms with E-state index in [1.54, 1.807) is 0 Å². The third-order valence-electron chi connectivity index (χ3n) is 3.38. The van der Waals surface area contributed by atoms with Gasteiger partial charge in [-0.1, -0.05) is 13.8 Å². The third-order valence-corrected chi connectivity index (χ3v) is 3.38. The summed E-state index contributed by atoms with van der Waals surface area (Å²) >= 11 is 0. The minimum absolute atomic E-state index is 0.331. The summed E-state index contributed by atoms with van der Waals surface area (Å²) in [6, 6.07) is 0.484. The zero-order valence-electron chi connectivity index (χ0n) is 10.8. The van der Waals surface area contributed by atoms with Crippen LogP contribution in [0, 0.1) is 5.92 Å². The van der Waals surface area contributed by atoms with E-state index in [9.17, 15) is 0 Å². The molecule has 0 saturated carbocycles. The average Bonchev–Trinajstić information content (AvgIpc) is 2.31. The normalized spacial score (nSPS) is 25.0. The van der Waals surface area contributed by atoms with Crippen molar-refractivity contribution in [3.63, 3.8) is 0 Å². The topological polar surface area (TPSA) is 67.9 Å². The van der Waals surface area contributed by atoms with Gasteiger partial charge in [-0.15, -0.1) is 0 Å². The molecule has 1 fully saturated rings. The quantitative estimate of drug-likeness (QED) is 0.844. The second-order valence-corrected chi connectivity index (χ2v) is 4.95. The van der Waals surface area contributed by atoms with E-state index in [1.807, 2.05) is 6.92 Å². The van der Waals surface area contributed by atoms with Crippen molar-refractivity contribution in [3.8, 4) is 0 Å². The first-order valence-electron chi connectivity index (χ1n) is 6.37. The molecule has 0 aliphatic carbocycles. The number of hydrogen-bond donors (Lipinski definition) is 1. The maximum absolute atomic E-state index is 5.73. The van der Waals surface area contributed by atoms with Crippen molar-refractivity contribution >= 4 is 11.9 Å². The number of nitrogens with two attached hydrogens (primary N) is 1. The molecule has 2 rings (SSSR count). The molecule has 2 heterocycles. The first-order valence-corrected chi connectivity index (χ1v) is 6.37. The highest BCUT2D eigenvalue weighted by molar-refractivity contribution is 5.36. The van der Waals surface area contributed by atoms with Crippen molar-refractivity contribution in [2.45, 2.75) is 46.1 Å². The molecule has 1 aromatic rings. The first-order chi connectivity index (χ1) is 8.10. The average molecular weight is 235 g/mol. The number of hydrogen-bond acceptors (Lipinski definition) is 5. The third kappa shape index (κ3) is 2.65. The van der Waals surface area contributed by atoms with E-state index in [4.69, 9.17) is 5.73 Å². The Morgan fingerprint density at radius 1 is 1.24 bits per heavy atom. The van der Waals surface area contributed by atoms with E-state index in [1.165, 1.54) is 12.8 Å². The van der Waals surface area contributed by atoms with E-state index >= 15 is 0 Å². The molecule has 94 valence electrons. The van der Waals surface area contributed by atoms with E-state index in [0.717, 1.165) is 24.7 Å². The number of anilines is 2. The van der Waals surface area contributed by atoms with Crippen LogP contribution < -0.4 is 10.6 Å². The van der Waals surface area contributed by atoms with Crippen LogP contribution in [-0.4, -0.2) is 27.5 Å². The van der Waals surface area contributed by atoms with Crippen molar-refractivity contribution in [2.24, 2.45) is 5.92 Å². The summed E-state index contributed by atoms with van der Waals surface area (Å²) in [6.45, 7) is 7.52. The van der Waals surface area contributed by atoms with Crippen molar-refractivity contribution in [1.82, 2.24) is 15.0 Å². The Morgan fingerprint density at radius 3 is 2.71 bits per heavy atom. The molecular weight excluding hydrogens is 214 g/mol. The van der Waals surface area contributed by atoms with Crippen molar-refractivity contribution in [3.05, 3.63) is 5.82 Å². The molecule has 0 radical (unpaired) electrons. The van der Waals surface area contributed by atoms with Crippen LogP contribution in [-0.2, 0) is 6.42 Å². The van der Waals surface area contributed by atoms with Crippen LogP contribution in [0.2, 0.25) is 0 Å². The van der Waals surface area contributed by atoms with Gasteiger partial charge in [0.25, 0.3) is 0 Å². The van der Waals surface area contributed by atoms with E-state index < -0.39 is 0 Å². The fourth-order valence-electron chi connectivity index (χ4n) is 2.28. The highest BCUT2D eigenvalue weighted by atomic mass is 15.3. The highest BCUT2D eigenvalue weighted by Crippen LogP contribution is 2.25. The summed E-state index contributed by atoms with van der Waals surface area (Å²) in [6.07, 6.45) is 3.25. The Hall–Kier alpha value is -1.39. The molecule has 1 aliphatic rings. The Morgan fingerprint density at radius 2 is 2.00 bits per heavy atom. The summed E-state index contributed by atoms with van der Waals surface area (Å²) in [5.74, 6) is 2.54. The number of aromatic nitrogens is 3. The zero-order chi connectivity index (χ0) is 12.4. The molecule has 1 aromatic heterocycles. The second-order valence-electron chi connectivity index (χ2n) is 4.95. The largest absolute Gasteiger partial charge is 0.368 e. The van der Waals surface area contributed by atoms with Crippen molar-refractivity contribution in [1.29, 1.82) is 0 Å². The Labute approximate surface area is 102 Å². The first kappa shape index (κ1) is 12.1. The standard InChI is InChI=1S/C12H21N5/c1-4-10-14-11(13)16-12(15-10)17-7-8(2)5-6-9(17)3/h8-9H,4-7H2,1-3H3,(H2,13,14,15,16). The monoisotopic (exact) mass is 235 g/mol. The Kier molecular flexibility index (Phi) is 3.45. The minimum Gasteiger partial charge on any atom is -0.368 e. The van der Waals surface area contributed by atoms with Gasteiger partial charge in [0.05, 0.1) is 0 Å². The van der Waals surface area contributed by atoms with E-state index in [-0.39, 0.29) is 0 Å². The lowest BCUT2D eigenvalue weighted by Crippen LogP contribution is -2.42. The lowest BCUT2D eigenvalue weighted by Gasteiger charge is -2.36. The fourth-order valence-corrected chi connectivity index (χ4v) is 2.28. The summed E-state index contributed by atoms with van der Waals surface area (Å²) in [5.41, 5.74) is 5.73. The van der Waals surface area contributed by atoms with Gasteiger partial charge in [0, 0.05) is 19.0 Å². The summed E-state index contributed by atoms with van der Waals surface area (Å²) in [5, 5.41) is 0. The second kappa shape index (κ2) is 4.85. The van der Waals surface area contributed by atoms with Crippen LogP contribution in [0.3, 0.4) is 0 Å². The van der Waals surface area contributed by atoms with Crippen LogP contribution in [0.4, 0.5) is 11.9 Å². The molecule has 5 nitrogen and oxygen atoms in total. The molecule has 0 aromatic carbocycles. The van der Waals surface area contributed by atoms with Gasteiger partial charge in [0.15, 0.2) is 0 Å². The predicted molar refractivity (Wildman–Crippen MR) is 68.8 cm³/mol. The van der Waals surface area contributed by atoms with Gasteiger partial charge in [-0.3, -0.25) is 0 Å². The molecule has 1 saturated heterocycles. The highest BCUT2D eigenvalue weighted by Gasteiger charge is 2.25. The SMILES string of the molecule is CCc1nc(N)nc(N2CC(C)CCC2C)n1. The number of nitrogen functional groups attached to an aromatic ring is 1. The lowest BCUT2D eigenvalue weighted by atomic mass is 9.95. The maximum atomic E-state index is 5.73. The van der Waals surface area contributed by atoms with E-state index in [2.05, 4.69) is 33.7 Å². The molecule has 1 aliphatic heterocycles. The zero-order valence-corrected chi connectivity index (χ0v) is 10.8. The molecule has 2 atom stereocenters. The number of aryl methyl sites for hydroxylation is 1. The Balaban J connectivity index is 2.28. The number of rotatable bonds is 2. The summed E-state index contributed by atoms with van der Waals surface area (Å²) < 4.78 is 0. The number of nitrogens with zero attached hydrogens (tertiary/aromatic N) is 4. The lowest BCUT2D eigenvalue weighted by molar-refractivity contribution is 0.385. The van der Waals surface area contributed by atoms with Gasteiger partial charge in [-0.25, -0.2) is 0 Å². The van der Waals surface area contributed by atoms with Crippen molar-refractivity contribution < 1.29 is 0 Å². The molecular formula is C12H21N5. The fraction of sp³-hybridized carbons (Fsp3) is 0.750. The molecule has 0 spiro atoms. The van der Waals surface area contributed by atoms with E-state index in [0.29, 0.717) is 17.9 Å². The molecule has 0 bridgehead atoms. The maximum Gasteiger partial charge on any atom is 0.230 e. The van der Waals surface area contributed by atoms with Gasteiger partial charge >= 0.3 is 0 Å². The van der Waals surface area contributed by atoms with Crippen LogP contribution in [0.5, 0.6) is 0 Å². The predicted octanol–water partition coefficient (Wildman–Crippen LogP) is 1.64. The van der Waals surface area contributed by atoms with Crippen molar-refractivity contribution in [2.75, 3.05) is 17.2 Å².